The number of hydrogen-bond acceptors (Lipinski definition) is 8. The third-order valence-electron chi connectivity index (χ3n) is 3.86. The Morgan fingerprint density at radius 1 is 1.08 bits per heavy atom. The summed E-state index contributed by atoms with van der Waals surface area (Å²) < 4.78 is 11.1. The molecule has 0 aliphatic rings. The summed E-state index contributed by atoms with van der Waals surface area (Å²) in [5.41, 5.74) is 5.80. The zero-order valence-corrected chi connectivity index (χ0v) is 15.4. The zero-order chi connectivity index (χ0) is 18.4. The van der Waals surface area contributed by atoms with Gasteiger partial charge >= 0.3 is 0 Å². The molecule has 0 saturated heterocycles. The number of hydrogen-bond donors (Lipinski definition) is 1. The summed E-state index contributed by atoms with van der Waals surface area (Å²) in [5, 5.41) is 0. The summed E-state index contributed by atoms with van der Waals surface area (Å²) in [6.45, 7) is 3.24. The highest BCUT2D eigenvalue weighted by atomic mass is 16.5. The Balaban J connectivity index is 1.97. The molecule has 136 valence electrons. The standard InChI is InChI=1S/C17H26N6O2/c1-12(15-19-16(18)21-17(20-15)22(2)3)23(4)10-11-25-14-9-7-6-8-13(14)24-5/h6-9,12H,10-11H2,1-5H3,(H2,18,19,20,21)/t12-/m1/s1. The molecule has 0 saturated carbocycles. The van der Waals surface area contributed by atoms with Crippen molar-refractivity contribution < 1.29 is 9.47 Å². The summed E-state index contributed by atoms with van der Waals surface area (Å²) >= 11 is 0. The Labute approximate surface area is 148 Å². The first-order valence-electron chi connectivity index (χ1n) is 8.07. The molecule has 0 bridgehead atoms. The molecule has 1 aromatic carbocycles. The van der Waals surface area contributed by atoms with Crippen molar-refractivity contribution in [2.45, 2.75) is 13.0 Å². The molecule has 0 amide bonds. The molecular weight excluding hydrogens is 320 g/mol. The number of benzene rings is 1. The minimum absolute atomic E-state index is 0.0229. The van der Waals surface area contributed by atoms with Crippen LogP contribution in [-0.2, 0) is 0 Å². The molecule has 25 heavy (non-hydrogen) atoms. The van der Waals surface area contributed by atoms with Gasteiger partial charge in [-0.2, -0.15) is 15.0 Å². The summed E-state index contributed by atoms with van der Waals surface area (Å²) in [5.74, 6) is 2.85. The number of rotatable bonds is 8. The van der Waals surface area contributed by atoms with Crippen LogP contribution in [0.15, 0.2) is 24.3 Å². The molecule has 8 heteroatoms. The van der Waals surface area contributed by atoms with Gasteiger partial charge in [-0.25, -0.2) is 0 Å². The van der Waals surface area contributed by atoms with Crippen LogP contribution in [0, 0.1) is 0 Å². The van der Waals surface area contributed by atoms with E-state index in [2.05, 4.69) is 19.9 Å². The van der Waals surface area contributed by atoms with E-state index in [4.69, 9.17) is 15.2 Å². The zero-order valence-electron chi connectivity index (χ0n) is 15.4. The second-order valence-corrected chi connectivity index (χ2v) is 5.90. The quantitative estimate of drug-likeness (QED) is 0.771. The predicted octanol–water partition coefficient (Wildman–Crippen LogP) is 1.60. The lowest BCUT2D eigenvalue weighted by atomic mass is 10.3. The number of ether oxygens (including phenoxy) is 2. The molecule has 0 aliphatic heterocycles. The van der Waals surface area contributed by atoms with Crippen molar-refractivity contribution in [3.8, 4) is 11.5 Å². The number of nitrogen functional groups attached to an aromatic ring is 1. The van der Waals surface area contributed by atoms with E-state index in [1.807, 2.05) is 52.3 Å². The molecule has 0 spiro atoms. The lowest BCUT2D eigenvalue weighted by molar-refractivity contribution is 0.192. The van der Waals surface area contributed by atoms with Gasteiger partial charge in [0.2, 0.25) is 11.9 Å². The first-order chi connectivity index (χ1) is 11.9. The number of anilines is 2. The third kappa shape index (κ3) is 4.93. The number of methoxy groups -OCH3 is 1. The first kappa shape index (κ1) is 18.7. The molecule has 0 aliphatic carbocycles. The minimum atomic E-state index is -0.0229. The Morgan fingerprint density at radius 3 is 2.40 bits per heavy atom. The lowest BCUT2D eigenvalue weighted by Crippen LogP contribution is -2.29. The lowest BCUT2D eigenvalue weighted by Gasteiger charge is -2.24. The van der Waals surface area contributed by atoms with Crippen LogP contribution >= 0.6 is 0 Å². The van der Waals surface area contributed by atoms with Crippen LogP contribution < -0.4 is 20.1 Å². The largest absolute Gasteiger partial charge is 0.493 e. The van der Waals surface area contributed by atoms with Crippen LogP contribution in [0.25, 0.3) is 0 Å². The van der Waals surface area contributed by atoms with Crippen LogP contribution in [0.1, 0.15) is 18.8 Å². The van der Waals surface area contributed by atoms with E-state index in [0.29, 0.717) is 24.9 Å². The minimum Gasteiger partial charge on any atom is -0.493 e. The van der Waals surface area contributed by atoms with E-state index in [-0.39, 0.29) is 12.0 Å². The molecule has 2 rings (SSSR count). The molecule has 0 radical (unpaired) electrons. The third-order valence-corrected chi connectivity index (χ3v) is 3.86. The topological polar surface area (TPSA) is 89.6 Å². The molecule has 8 nitrogen and oxygen atoms in total. The average Bonchev–Trinajstić information content (AvgIpc) is 2.60. The second kappa shape index (κ2) is 8.48. The predicted molar refractivity (Wildman–Crippen MR) is 98.1 cm³/mol. The molecule has 1 heterocycles. The molecule has 2 aromatic rings. The molecule has 1 atom stereocenters. The summed E-state index contributed by atoms with van der Waals surface area (Å²) in [4.78, 5) is 16.8. The smallest absolute Gasteiger partial charge is 0.229 e. The maximum Gasteiger partial charge on any atom is 0.229 e. The van der Waals surface area contributed by atoms with Gasteiger partial charge in [0.1, 0.15) is 6.61 Å². The Kier molecular flexibility index (Phi) is 6.35. The number of nitrogens with zero attached hydrogens (tertiary/aromatic N) is 5. The van der Waals surface area contributed by atoms with E-state index in [0.717, 1.165) is 11.5 Å². The highest BCUT2D eigenvalue weighted by Crippen LogP contribution is 2.26. The molecule has 0 fully saturated rings. The average molecular weight is 346 g/mol. The summed E-state index contributed by atoms with van der Waals surface area (Å²) in [6, 6.07) is 7.56. The van der Waals surface area contributed by atoms with Crippen molar-refractivity contribution in [1.82, 2.24) is 19.9 Å². The monoisotopic (exact) mass is 346 g/mol. The Hall–Kier alpha value is -2.61. The highest BCUT2D eigenvalue weighted by molar-refractivity contribution is 5.39. The van der Waals surface area contributed by atoms with Gasteiger partial charge in [-0.3, -0.25) is 4.90 Å². The van der Waals surface area contributed by atoms with E-state index < -0.39 is 0 Å². The van der Waals surface area contributed by atoms with Crippen molar-refractivity contribution >= 4 is 11.9 Å². The van der Waals surface area contributed by atoms with Gasteiger partial charge in [-0.1, -0.05) is 12.1 Å². The van der Waals surface area contributed by atoms with Crippen LogP contribution in [0.4, 0.5) is 11.9 Å². The normalized spacial score (nSPS) is 12.1. The van der Waals surface area contributed by atoms with Gasteiger partial charge in [0.15, 0.2) is 17.3 Å². The number of para-hydroxylation sites is 2. The van der Waals surface area contributed by atoms with Gasteiger partial charge in [-0.15, -0.1) is 0 Å². The molecule has 2 N–H and O–H groups in total. The number of aromatic nitrogens is 3. The fourth-order valence-corrected chi connectivity index (χ4v) is 2.21. The van der Waals surface area contributed by atoms with Gasteiger partial charge in [0.05, 0.1) is 13.2 Å². The Morgan fingerprint density at radius 2 is 1.76 bits per heavy atom. The van der Waals surface area contributed by atoms with Crippen molar-refractivity contribution in [2.75, 3.05) is 52.0 Å². The maximum atomic E-state index is 5.82. The Bertz CT molecular complexity index is 695. The van der Waals surface area contributed by atoms with E-state index in [9.17, 15) is 0 Å². The highest BCUT2D eigenvalue weighted by Gasteiger charge is 2.17. The molecular formula is C17H26N6O2. The fraction of sp³-hybridized carbons (Fsp3) is 0.471. The van der Waals surface area contributed by atoms with Gasteiger partial charge in [-0.05, 0) is 26.1 Å². The van der Waals surface area contributed by atoms with E-state index in [1.54, 1.807) is 12.0 Å². The van der Waals surface area contributed by atoms with Crippen molar-refractivity contribution in [1.29, 1.82) is 0 Å². The first-order valence-corrected chi connectivity index (χ1v) is 8.07. The maximum absolute atomic E-state index is 5.82. The number of likely N-dealkylation sites (N-methyl/N-ethyl adjacent to an activating group) is 1. The van der Waals surface area contributed by atoms with Crippen LogP contribution in [0.2, 0.25) is 0 Å². The van der Waals surface area contributed by atoms with Crippen molar-refractivity contribution in [3.63, 3.8) is 0 Å². The molecule has 1 aromatic heterocycles. The number of nitrogens with two attached hydrogens (primary N) is 1. The summed E-state index contributed by atoms with van der Waals surface area (Å²) in [6.07, 6.45) is 0. The van der Waals surface area contributed by atoms with Gasteiger partial charge < -0.3 is 20.1 Å². The SMILES string of the molecule is COc1ccccc1OCCN(C)[C@H](C)c1nc(N)nc(N(C)C)n1. The van der Waals surface area contributed by atoms with Crippen LogP contribution in [0.3, 0.4) is 0 Å². The second-order valence-electron chi connectivity index (χ2n) is 5.90. The van der Waals surface area contributed by atoms with Crippen molar-refractivity contribution in [3.05, 3.63) is 30.1 Å². The van der Waals surface area contributed by atoms with E-state index >= 15 is 0 Å². The van der Waals surface area contributed by atoms with Crippen molar-refractivity contribution in [2.24, 2.45) is 0 Å². The van der Waals surface area contributed by atoms with E-state index in [1.165, 1.54) is 0 Å². The molecule has 0 unspecified atom stereocenters. The van der Waals surface area contributed by atoms with Gasteiger partial charge in [0, 0.05) is 20.6 Å². The van der Waals surface area contributed by atoms with Crippen LogP contribution in [-0.4, -0.2) is 61.3 Å². The fourth-order valence-electron chi connectivity index (χ4n) is 2.21. The van der Waals surface area contributed by atoms with Gasteiger partial charge in [0.25, 0.3) is 0 Å². The van der Waals surface area contributed by atoms with Crippen LogP contribution in [0.5, 0.6) is 11.5 Å². The summed E-state index contributed by atoms with van der Waals surface area (Å²) in [7, 11) is 7.36.